The molecule has 1 saturated heterocycles. The molecule has 1 aromatic heterocycles. The van der Waals surface area contributed by atoms with Gasteiger partial charge in [0.25, 0.3) is 0 Å². The van der Waals surface area contributed by atoms with E-state index >= 15 is 0 Å². The number of anilines is 2. The summed E-state index contributed by atoms with van der Waals surface area (Å²) in [6.07, 6.45) is 4.34. The van der Waals surface area contributed by atoms with Gasteiger partial charge in [-0.25, -0.2) is 14.4 Å². The van der Waals surface area contributed by atoms with Crippen molar-refractivity contribution in [2.75, 3.05) is 46.2 Å². The summed E-state index contributed by atoms with van der Waals surface area (Å²) in [6.45, 7) is 1.46. The Hall–Kier alpha value is -3.17. The van der Waals surface area contributed by atoms with Gasteiger partial charge < -0.3 is 24.6 Å². The van der Waals surface area contributed by atoms with Crippen LogP contribution in [0.1, 0.15) is 19.3 Å². The first-order valence-electron chi connectivity index (χ1n) is 11.5. The summed E-state index contributed by atoms with van der Waals surface area (Å²) in [6, 6.07) is 7.91. The first-order valence-corrected chi connectivity index (χ1v) is 11.9. The maximum absolute atomic E-state index is 14.3. The number of fused-ring (bicyclic) bond motifs is 1. The van der Waals surface area contributed by atoms with Crippen molar-refractivity contribution in [3.63, 3.8) is 0 Å². The summed E-state index contributed by atoms with van der Waals surface area (Å²) in [5.74, 6) is 1.05. The Morgan fingerprint density at radius 1 is 1.23 bits per heavy atom. The maximum Gasteiger partial charge on any atom is 0.237 e. The molecule has 10 heteroatoms. The molecule has 1 N–H and O–H groups in total. The van der Waals surface area contributed by atoms with E-state index in [1.54, 1.807) is 31.4 Å². The number of benzene rings is 2. The Morgan fingerprint density at radius 2 is 2.06 bits per heavy atom. The second kappa shape index (κ2) is 11.0. The SMILES string of the molecule is COc1cc2c(Nc3ccc(Cl)cc3F)ncnc2cc1OCC1CCCCN1C(=O)CN(C)C. The average Bonchev–Trinajstić information content (AvgIpc) is 2.83. The van der Waals surface area contributed by atoms with Crippen LogP contribution in [0.4, 0.5) is 15.9 Å². The van der Waals surface area contributed by atoms with Crippen molar-refractivity contribution in [3.05, 3.63) is 47.5 Å². The number of rotatable bonds is 8. The third-order valence-corrected chi connectivity index (χ3v) is 6.17. The minimum absolute atomic E-state index is 0.00731. The van der Waals surface area contributed by atoms with Gasteiger partial charge in [-0.15, -0.1) is 0 Å². The molecule has 3 aromatic rings. The monoisotopic (exact) mass is 501 g/mol. The predicted molar refractivity (Wildman–Crippen MR) is 134 cm³/mol. The maximum atomic E-state index is 14.3. The van der Waals surface area contributed by atoms with Gasteiger partial charge >= 0.3 is 0 Å². The van der Waals surface area contributed by atoms with Crippen LogP contribution < -0.4 is 14.8 Å². The molecule has 2 heterocycles. The number of hydrogen-bond donors (Lipinski definition) is 1. The fourth-order valence-corrected chi connectivity index (χ4v) is 4.36. The van der Waals surface area contributed by atoms with E-state index in [-0.39, 0.29) is 17.6 Å². The van der Waals surface area contributed by atoms with E-state index < -0.39 is 5.82 Å². The van der Waals surface area contributed by atoms with E-state index in [2.05, 4.69) is 15.3 Å². The average molecular weight is 502 g/mol. The summed E-state index contributed by atoms with van der Waals surface area (Å²) in [7, 11) is 5.33. The minimum Gasteiger partial charge on any atom is -0.493 e. The zero-order valence-electron chi connectivity index (χ0n) is 20.1. The molecule has 1 aliphatic rings. The second-order valence-corrected chi connectivity index (χ2v) is 9.21. The van der Waals surface area contributed by atoms with Gasteiger partial charge in [-0.1, -0.05) is 11.6 Å². The molecular weight excluding hydrogens is 473 g/mol. The Kier molecular flexibility index (Phi) is 7.87. The van der Waals surface area contributed by atoms with Crippen molar-refractivity contribution in [1.29, 1.82) is 0 Å². The molecular formula is C25H29ClFN5O3. The first kappa shape index (κ1) is 24.9. The topological polar surface area (TPSA) is 79.8 Å². The van der Waals surface area contributed by atoms with Gasteiger partial charge in [0, 0.05) is 23.0 Å². The van der Waals surface area contributed by atoms with Crippen molar-refractivity contribution in [2.24, 2.45) is 0 Å². The highest BCUT2D eigenvalue weighted by Crippen LogP contribution is 2.35. The molecule has 2 aromatic carbocycles. The lowest BCUT2D eigenvalue weighted by molar-refractivity contribution is -0.136. The van der Waals surface area contributed by atoms with Crippen LogP contribution in [0.25, 0.3) is 10.9 Å². The van der Waals surface area contributed by atoms with Gasteiger partial charge in [0.15, 0.2) is 11.5 Å². The predicted octanol–water partition coefficient (Wildman–Crippen LogP) is 4.50. The number of ether oxygens (including phenoxy) is 2. The standard InChI is InChI=1S/C25H29ClFN5O3/c1-31(2)13-24(33)32-9-5-4-6-17(32)14-35-23-12-21-18(11-22(23)34-3)25(29-15-28-21)30-20-8-7-16(26)10-19(20)27/h7-8,10-12,15,17H,4-6,9,13-14H2,1-3H3,(H,28,29,30). The van der Waals surface area contributed by atoms with Crippen molar-refractivity contribution < 1.29 is 18.7 Å². The molecule has 8 nitrogen and oxygen atoms in total. The van der Waals surface area contributed by atoms with E-state index in [4.69, 9.17) is 21.1 Å². The van der Waals surface area contributed by atoms with Gasteiger partial charge in [0.05, 0.1) is 30.9 Å². The number of aromatic nitrogens is 2. The van der Waals surface area contributed by atoms with Crippen LogP contribution in [0.3, 0.4) is 0 Å². The van der Waals surface area contributed by atoms with Gasteiger partial charge in [-0.05, 0) is 57.6 Å². The largest absolute Gasteiger partial charge is 0.493 e. The fraction of sp³-hybridized carbons (Fsp3) is 0.400. The lowest BCUT2D eigenvalue weighted by Crippen LogP contribution is -2.49. The van der Waals surface area contributed by atoms with Gasteiger partial charge in [-0.3, -0.25) is 4.79 Å². The van der Waals surface area contributed by atoms with Crippen LogP contribution in [0, 0.1) is 5.82 Å². The summed E-state index contributed by atoms with van der Waals surface area (Å²) in [5, 5.41) is 3.96. The van der Waals surface area contributed by atoms with Crippen LogP contribution in [0.5, 0.6) is 11.5 Å². The Balaban J connectivity index is 1.56. The quantitative estimate of drug-likeness (QED) is 0.487. The molecule has 0 saturated carbocycles. The van der Waals surface area contributed by atoms with Gasteiger partial charge in [0.1, 0.15) is 24.6 Å². The van der Waals surface area contributed by atoms with Crippen molar-refractivity contribution in [3.8, 4) is 11.5 Å². The van der Waals surface area contributed by atoms with Crippen LogP contribution in [0.15, 0.2) is 36.7 Å². The number of likely N-dealkylation sites (N-methyl/N-ethyl adjacent to an activating group) is 1. The molecule has 0 radical (unpaired) electrons. The van der Waals surface area contributed by atoms with Crippen LogP contribution in [0.2, 0.25) is 5.02 Å². The minimum atomic E-state index is -0.489. The Bertz CT molecular complexity index is 1210. The Labute approximate surface area is 209 Å². The van der Waals surface area contributed by atoms with Crippen LogP contribution in [-0.2, 0) is 4.79 Å². The number of likely N-dealkylation sites (tertiary alicyclic amines) is 1. The third kappa shape index (κ3) is 5.91. The van der Waals surface area contributed by atoms with Crippen molar-refractivity contribution in [2.45, 2.75) is 25.3 Å². The molecule has 1 fully saturated rings. The van der Waals surface area contributed by atoms with Gasteiger partial charge in [0.2, 0.25) is 5.91 Å². The third-order valence-electron chi connectivity index (χ3n) is 5.94. The zero-order chi connectivity index (χ0) is 24.9. The van der Waals surface area contributed by atoms with E-state index in [1.807, 2.05) is 23.9 Å². The number of hydrogen-bond acceptors (Lipinski definition) is 7. The summed E-state index contributed by atoms with van der Waals surface area (Å²) < 4.78 is 26.1. The van der Waals surface area contributed by atoms with Crippen molar-refractivity contribution in [1.82, 2.24) is 19.8 Å². The number of carbonyl (C=O) groups is 1. The summed E-state index contributed by atoms with van der Waals surface area (Å²) >= 11 is 5.86. The first-order chi connectivity index (χ1) is 16.9. The smallest absolute Gasteiger partial charge is 0.237 e. The molecule has 1 atom stereocenters. The van der Waals surface area contributed by atoms with Crippen molar-refractivity contribution >= 4 is 39.9 Å². The lowest BCUT2D eigenvalue weighted by Gasteiger charge is -2.36. The molecule has 0 bridgehead atoms. The molecule has 1 amide bonds. The number of nitrogens with one attached hydrogen (secondary N) is 1. The number of piperidine rings is 1. The van der Waals surface area contributed by atoms with E-state index in [0.29, 0.717) is 46.4 Å². The summed E-state index contributed by atoms with van der Waals surface area (Å²) in [4.78, 5) is 25.1. The van der Waals surface area contributed by atoms with Crippen LogP contribution >= 0.6 is 11.6 Å². The van der Waals surface area contributed by atoms with Crippen LogP contribution in [-0.4, -0.2) is 72.6 Å². The molecule has 0 spiro atoms. The molecule has 1 unspecified atom stereocenters. The normalized spacial score (nSPS) is 15.9. The Morgan fingerprint density at radius 3 is 2.80 bits per heavy atom. The second-order valence-electron chi connectivity index (χ2n) is 8.78. The zero-order valence-corrected chi connectivity index (χ0v) is 20.8. The highest BCUT2D eigenvalue weighted by Gasteiger charge is 2.28. The number of carbonyl (C=O) groups excluding carboxylic acids is 1. The molecule has 4 rings (SSSR count). The van der Waals surface area contributed by atoms with E-state index in [1.165, 1.54) is 12.4 Å². The highest BCUT2D eigenvalue weighted by molar-refractivity contribution is 6.30. The summed E-state index contributed by atoms with van der Waals surface area (Å²) in [5.41, 5.74) is 0.852. The highest BCUT2D eigenvalue weighted by atomic mass is 35.5. The molecule has 1 aliphatic heterocycles. The van der Waals surface area contributed by atoms with E-state index in [9.17, 15) is 9.18 Å². The van der Waals surface area contributed by atoms with Gasteiger partial charge in [-0.2, -0.15) is 0 Å². The molecule has 0 aliphatic carbocycles. The molecule has 35 heavy (non-hydrogen) atoms. The lowest BCUT2D eigenvalue weighted by atomic mass is 10.0. The fourth-order valence-electron chi connectivity index (χ4n) is 4.20. The number of halogens is 2. The number of amides is 1. The number of methoxy groups -OCH3 is 1. The number of nitrogens with zero attached hydrogens (tertiary/aromatic N) is 4. The van der Waals surface area contributed by atoms with E-state index in [0.717, 1.165) is 25.8 Å². The molecule has 186 valence electrons.